The highest BCUT2D eigenvalue weighted by Crippen LogP contribution is 2.45. The SMILES string of the molecule is CNC(=O)N1CCc2c(c(N3CCCc4cc(-c5cnc(N(C)C)s5)c(C(F)F)cc43)nn2C2CCOCC2)C1. The molecule has 12 heteroatoms. The van der Waals surface area contributed by atoms with Crippen molar-refractivity contribution >= 4 is 34.0 Å². The lowest BCUT2D eigenvalue weighted by molar-refractivity contribution is 0.0651. The van der Waals surface area contributed by atoms with Gasteiger partial charge in [-0.25, -0.2) is 18.6 Å². The molecule has 6 rings (SSSR count). The van der Waals surface area contributed by atoms with Crippen LogP contribution in [0.1, 0.15) is 54.1 Å². The number of alkyl halides is 2. The number of hydrogen-bond donors (Lipinski definition) is 1. The van der Waals surface area contributed by atoms with Gasteiger partial charge in [-0.15, -0.1) is 0 Å². The van der Waals surface area contributed by atoms with Crippen LogP contribution in [0.3, 0.4) is 0 Å². The van der Waals surface area contributed by atoms with Gasteiger partial charge in [0.25, 0.3) is 6.43 Å². The van der Waals surface area contributed by atoms with E-state index < -0.39 is 6.43 Å². The second kappa shape index (κ2) is 11.0. The van der Waals surface area contributed by atoms with Crippen molar-refractivity contribution in [3.63, 3.8) is 0 Å². The van der Waals surface area contributed by atoms with Crippen LogP contribution in [0.4, 0.5) is 30.2 Å². The Bertz CT molecular complexity index is 1400. The predicted octanol–water partition coefficient (Wildman–Crippen LogP) is 5.14. The van der Waals surface area contributed by atoms with Gasteiger partial charge in [0.1, 0.15) is 0 Å². The van der Waals surface area contributed by atoms with E-state index in [0.717, 1.165) is 64.0 Å². The summed E-state index contributed by atoms with van der Waals surface area (Å²) in [7, 11) is 5.43. The molecule has 1 fully saturated rings. The van der Waals surface area contributed by atoms with Gasteiger partial charge in [-0.05, 0) is 43.4 Å². The van der Waals surface area contributed by atoms with Crippen LogP contribution in [-0.2, 0) is 24.1 Å². The smallest absolute Gasteiger partial charge is 0.317 e. The Morgan fingerprint density at radius 2 is 2.00 bits per heavy atom. The van der Waals surface area contributed by atoms with Crippen molar-refractivity contribution in [3.8, 4) is 10.4 Å². The molecular weight excluding hydrogens is 536 g/mol. The van der Waals surface area contributed by atoms with E-state index in [-0.39, 0.29) is 17.6 Å². The third-order valence-corrected chi connectivity index (χ3v) is 9.30. The molecule has 0 radical (unpaired) electrons. The predicted molar refractivity (Wildman–Crippen MR) is 152 cm³/mol. The fraction of sp³-hybridized carbons (Fsp3) is 0.536. The molecule has 2 aromatic heterocycles. The first-order valence-electron chi connectivity index (χ1n) is 13.9. The molecule has 3 aromatic rings. The number of rotatable bonds is 5. The average Bonchev–Trinajstić information content (AvgIpc) is 3.62. The fourth-order valence-corrected chi connectivity index (χ4v) is 6.94. The normalized spacial score (nSPS) is 17.6. The van der Waals surface area contributed by atoms with Crippen molar-refractivity contribution in [2.45, 2.75) is 51.1 Å². The molecule has 0 bridgehead atoms. The highest BCUT2D eigenvalue weighted by Gasteiger charge is 2.34. The third-order valence-electron chi connectivity index (χ3n) is 8.10. The summed E-state index contributed by atoms with van der Waals surface area (Å²) in [6.45, 7) is 3.11. The molecule has 3 aliphatic rings. The van der Waals surface area contributed by atoms with Crippen LogP contribution in [0.5, 0.6) is 0 Å². The molecule has 0 saturated carbocycles. The van der Waals surface area contributed by atoms with Crippen molar-refractivity contribution in [2.75, 3.05) is 57.2 Å². The number of aromatic nitrogens is 3. The number of nitrogens with zero attached hydrogens (tertiary/aromatic N) is 6. The molecule has 9 nitrogen and oxygen atoms in total. The minimum absolute atomic E-state index is 0.00400. The molecule has 1 N–H and O–H groups in total. The zero-order valence-corrected chi connectivity index (χ0v) is 23.9. The van der Waals surface area contributed by atoms with Crippen LogP contribution in [0.15, 0.2) is 18.3 Å². The molecule has 2 amide bonds. The Morgan fingerprint density at radius 3 is 2.70 bits per heavy atom. The van der Waals surface area contributed by atoms with Crippen molar-refractivity contribution in [2.24, 2.45) is 0 Å². The largest absolute Gasteiger partial charge is 0.381 e. The van der Waals surface area contributed by atoms with Crippen LogP contribution in [0, 0.1) is 0 Å². The highest BCUT2D eigenvalue weighted by molar-refractivity contribution is 7.18. The third kappa shape index (κ3) is 4.81. The Morgan fingerprint density at radius 1 is 1.20 bits per heavy atom. The number of carbonyl (C=O) groups is 1. The van der Waals surface area contributed by atoms with E-state index in [1.165, 1.54) is 11.3 Å². The topological polar surface area (TPSA) is 78.8 Å². The van der Waals surface area contributed by atoms with Gasteiger partial charge in [0.2, 0.25) is 0 Å². The Balaban J connectivity index is 1.45. The van der Waals surface area contributed by atoms with Crippen LogP contribution in [0.2, 0.25) is 0 Å². The molecule has 1 saturated heterocycles. The Kier molecular flexibility index (Phi) is 7.39. The summed E-state index contributed by atoms with van der Waals surface area (Å²) in [6, 6.07) is 3.68. The Hall–Kier alpha value is -3.25. The molecule has 5 heterocycles. The maximum Gasteiger partial charge on any atom is 0.317 e. The number of urea groups is 1. The van der Waals surface area contributed by atoms with E-state index in [1.807, 2.05) is 25.1 Å². The summed E-state index contributed by atoms with van der Waals surface area (Å²) in [5.74, 6) is 0.775. The van der Waals surface area contributed by atoms with Gasteiger partial charge in [-0.2, -0.15) is 5.10 Å². The second-order valence-electron chi connectivity index (χ2n) is 10.8. The Labute approximate surface area is 236 Å². The summed E-state index contributed by atoms with van der Waals surface area (Å²) >= 11 is 1.41. The van der Waals surface area contributed by atoms with Gasteiger partial charge in [-0.1, -0.05) is 11.3 Å². The number of nitrogens with one attached hydrogen (secondary N) is 1. The highest BCUT2D eigenvalue weighted by atomic mass is 32.1. The van der Waals surface area contributed by atoms with E-state index in [4.69, 9.17) is 9.84 Å². The van der Waals surface area contributed by atoms with Crippen LogP contribution < -0.4 is 15.1 Å². The zero-order valence-electron chi connectivity index (χ0n) is 23.1. The van der Waals surface area contributed by atoms with E-state index in [1.54, 1.807) is 24.2 Å². The quantitative estimate of drug-likeness (QED) is 0.457. The number of carbonyl (C=O) groups excluding carboxylic acids is 1. The molecule has 40 heavy (non-hydrogen) atoms. The van der Waals surface area contributed by atoms with Crippen molar-refractivity contribution in [3.05, 3.63) is 40.7 Å². The second-order valence-corrected chi connectivity index (χ2v) is 11.8. The molecule has 214 valence electrons. The first-order chi connectivity index (χ1) is 19.4. The molecular formula is C28H35F2N7O2S. The zero-order chi connectivity index (χ0) is 28.0. The summed E-state index contributed by atoms with van der Waals surface area (Å²) < 4.78 is 36.8. The van der Waals surface area contributed by atoms with Crippen LogP contribution in [-0.4, -0.2) is 73.1 Å². The molecule has 0 unspecified atom stereocenters. The number of thiazole rings is 1. The molecule has 0 atom stereocenters. The maximum absolute atomic E-state index is 14.6. The van der Waals surface area contributed by atoms with E-state index >= 15 is 0 Å². The summed E-state index contributed by atoms with van der Waals surface area (Å²) in [4.78, 5) is 23.5. The van der Waals surface area contributed by atoms with Gasteiger partial charge in [0.15, 0.2) is 10.9 Å². The van der Waals surface area contributed by atoms with Gasteiger partial charge >= 0.3 is 6.03 Å². The standard InChI is InChI=1S/C28H35F2N7O2S/c1-31-27(38)35-10-6-22-21(16-35)26(33-37(22)18-7-11-39-12-8-18)36-9-4-5-17-13-19(20(25(29)30)14-23(17)36)24-15-32-28(40-24)34(2)3/h13-15,18,25H,4-12,16H2,1-3H3,(H,31,38). The monoisotopic (exact) mass is 571 g/mol. The van der Waals surface area contributed by atoms with Crippen LogP contribution in [0.25, 0.3) is 10.4 Å². The summed E-state index contributed by atoms with van der Waals surface area (Å²) in [5.41, 5.74) is 4.50. The average molecular weight is 572 g/mol. The van der Waals surface area contributed by atoms with Crippen molar-refractivity contribution < 1.29 is 18.3 Å². The van der Waals surface area contributed by atoms with Crippen LogP contribution >= 0.6 is 11.3 Å². The molecule has 0 spiro atoms. The van der Waals surface area contributed by atoms with E-state index in [2.05, 4.69) is 19.9 Å². The number of aryl methyl sites for hydroxylation is 1. The summed E-state index contributed by atoms with van der Waals surface area (Å²) in [6.07, 6.45) is 3.20. The van der Waals surface area contributed by atoms with E-state index in [0.29, 0.717) is 44.8 Å². The number of hydrogen-bond acceptors (Lipinski definition) is 7. The van der Waals surface area contributed by atoms with E-state index in [9.17, 15) is 13.6 Å². The van der Waals surface area contributed by atoms with Gasteiger partial charge in [0.05, 0.1) is 17.5 Å². The minimum atomic E-state index is -2.63. The number of amides is 2. The number of ether oxygens (including phenoxy) is 1. The van der Waals surface area contributed by atoms with Crippen molar-refractivity contribution in [1.29, 1.82) is 0 Å². The van der Waals surface area contributed by atoms with Gasteiger partial charge in [-0.3, -0.25) is 4.68 Å². The van der Waals surface area contributed by atoms with Gasteiger partial charge in [0, 0.05) is 88.1 Å². The lowest BCUT2D eigenvalue weighted by atomic mass is 9.94. The minimum Gasteiger partial charge on any atom is -0.381 e. The fourth-order valence-electron chi connectivity index (χ4n) is 6.07. The van der Waals surface area contributed by atoms with Gasteiger partial charge < -0.3 is 24.8 Å². The first kappa shape index (κ1) is 26.9. The first-order valence-corrected chi connectivity index (χ1v) is 14.7. The molecule has 0 aliphatic carbocycles. The lowest BCUT2D eigenvalue weighted by Crippen LogP contribution is -2.42. The maximum atomic E-state index is 14.6. The number of anilines is 3. The number of fused-ring (bicyclic) bond motifs is 2. The number of benzene rings is 1. The molecule has 3 aliphatic heterocycles. The van der Waals surface area contributed by atoms with Crippen molar-refractivity contribution in [1.82, 2.24) is 25.0 Å². The lowest BCUT2D eigenvalue weighted by Gasteiger charge is -2.33. The molecule has 1 aromatic carbocycles. The number of halogens is 2. The summed E-state index contributed by atoms with van der Waals surface area (Å²) in [5, 5.41) is 8.68.